The van der Waals surface area contributed by atoms with Crippen molar-refractivity contribution in [3.05, 3.63) is 97.8 Å². The molecule has 0 amide bonds. The van der Waals surface area contributed by atoms with E-state index in [1.54, 1.807) is 50.2 Å². The second-order valence-corrected chi connectivity index (χ2v) is 8.52. The van der Waals surface area contributed by atoms with Gasteiger partial charge in [0.1, 0.15) is 0 Å². The summed E-state index contributed by atoms with van der Waals surface area (Å²) in [6.07, 6.45) is 0.897. The third-order valence-corrected chi connectivity index (χ3v) is 5.33. The molecule has 1 heterocycles. The second-order valence-electron chi connectivity index (χ2n) is 8.12. The molecule has 0 saturated carbocycles. The van der Waals surface area contributed by atoms with E-state index in [9.17, 15) is 19.7 Å². The Bertz CT molecular complexity index is 1570. The molecule has 188 valence electrons. The van der Waals surface area contributed by atoms with Crippen molar-refractivity contribution in [2.45, 2.75) is 20.0 Å². The van der Waals surface area contributed by atoms with E-state index < -0.39 is 28.7 Å². The van der Waals surface area contributed by atoms with E-state index in [1.807, 2.05) is 18.2 Å². The molecule has 4 rings (SSSR count). The molecule has 1 aromatic heterocycles. The summed E-state index contributed by atoms with van der Waals surface area (Å²) in [7, 11) is 0. The first kappa shape index (κ1) is 25.5. The molecule has 0 fully saturated rings. The van der Waals surface area contributed by atoms with Gasteiger partial charge in [-0.25, -0.2) is 9.78 Å². The number of para-hydroxylation sites is 1. The van der Waals surface area contributed by atoms with Gasteiger partial charge in [-0.1, -0.05) is 54.1 Å². The molecule has 0 atom stereocenters. The van der Waals surface area contributed by atoms with Crippen LogP contribution in [0.4, 0.5) is 5.69 Å². The van der Waals surface area contributed by atoms with Crippen LogP contribution in [0.1, 0.15) is 19.4 Å². The molecule has 0 aliphatic heterocycles. The summed E-state index contributed by atoms with van der Waals surface area (Å²) in [5.74, 6) is -0.675. The van der Waals surface area contributed by atoms with Gasteiger partial charge in [0.05, 0.1) is 33.2 Å². The number of nitro groups is 1. The van der Waals surface area contributed by atoms with E-state index in [4.69, 9.17) is 21.1 Å². The molecule has 37 heavy (non-hydrogen) atoms. The highest BCUT2D eigenvalue weighted by molar-refractivity contribution is 6.32. The number of ether oxygens (including phenoxy) is 2. The Kier molecular flexibility index (Phi) is 7.59. The molecular weight excluding hydrogens is 500 g/mol. The summed E-state index contributed by atoms with van der Waals surface area (Å²) >= 11 is 6.26. The SMILES string of the molecule is CC(C)OC(=O)COc1c(Cl)cc(C=Nn2c(-c3ccccc3)nc3ccccc3c2=O)cc1[N+](=O)[O-]. The minimum absolute atomic E-state index is 0.111. The Balaban J connectivity index is 1.75. The number of hydrogen-bond acceptors (Lipinski definition) is 8. The van der Waals surface area contributed by atoms with Crippen molar-refractivity contribution in [2.75, 3.05) is 6.61 Å². The van der Waals surface area contributed by atoms with E-state index >= 15 is 0 Å². The van der Waals surface area contributed by atoms with E-state index in [-0.39, 0.29) is 22.4 Å². The van der Waals surface area contributed by atoms with Crippen molar-refractivity contribution in [3.63, 3.8) is 0 Å². The third kappa shape index (κ3) is 5.81. The summed E-state index contributed by atoms with van der Waals surface area (Å²) < 4.78 is 11.4. The molecule has 0 aliphatic rings. The van der Waals surface area contributed by atoms with Crippen LogP contribution in [0.15, 0.2) is 76.6 Å². The van der Waals surface area contributed by atoms with Gasteiger partial charge in [0.25, 0.3) is 5.56 Å². The van der Waals surface area contributed by atoms with E-state index in [2.05, 4.69) is 10.1 Å². The van der Waals surface area contributed by atoms with E-state index in [1.165, 1.54) is 18.3 Å². The van der Waals surface area contributed by atoms with Gasteiger partial charge in [-0.3, -0.25) is 14.9 Å². The summed E-state index contributed by atoms with van der Waals surface area (Å²) in [6, 6.07) is 18.5. The van der Waals surface area contributed by atoms with Crippen LogP contribution in [-0.4, -0.2) is 39.5 Å². The molecule has 4 aromatic rings. The van der Waals surface area contributed by atoms with Gasteiger partial charge in [-0.2, -0.15) is 9.78 Å². The van der Waals surface area contributed by atoms with Crippen molar-refractivity contribution < 1.29 is 19.2 Å². The summed E-state index contributed by atoms with van der Waals surface area (Å²) in [6.45, 7) is 2.78. The third-order valence-electron chi connectivity index (χ3n) is 5.05. The number of fused-ring (bicyclic) bond motifs is 1. The van der Waals surface area contributed by atoms with Crippen LogP contribution in [0.3, 0.4) is 0 Å². The lowest BCUT2D eigenvalue weighted by molar-refractivity contribution is -0.385. The highest BCUT2D eigenvalue weighted by Crippen LogP contribution is 2.36. The Morgan fingerprint density at radius 2 is 1.86 bits per heavy atom. The van der Waals surface area contributed by atoms with Gasteiger partial charge in [0.15, 0.2) is 12.4 Å². The quantitative estimate of drug-likeness (QED) is 0.141. The number of nitrogens with zero attached hydrogens (tertiary/aromatic N) is 4. The summed E-state index contributed by atoms with van der Waals surface area (Å²) in [4.78, 5) is 40.7. The molecule has 3 aromatic carbocycles. The largest absolute Gasteiger partial charge is 0.474 e. The molecular formula is C26H21ClN4O6. The number of aromatic nitrogens is 2. The molecule has 0 bridgehead atoms. The molecule has 0 aliphatic carbocycles. The fourth-order valence-electron chi connectivity index (χ4n) is 3.51. The Morgan fingerprint density at radius 3 is 2.57 bits per heavy atom. The number of benzene rings is 3. The predicted octanol–water partition coefficient (Wildman–Crippen LogP) is 4.84. The Labute approximate surface area is 215 Å². The van der Waals surface area contributed by atoms with Crippen LogP contribution >= 0.6 is 11.6 Å². The van der Waals surface area contributed by atoms with Crippen molar-refractivity contribution in [1.29, 1.82) is 0 Å². The topological polar surface area (TPSA) is 126 Å². The molecule has 0 spiro atoms. The lowest BCUT2D eigenvalue weighted by atomic mass is 10.2. The second kappa shape index (κ2) is 11.0. The molecule has 0 radical (unpaired) electrons. The van der Waals surface area contributed by atoms with E-state index in [0.717, 1.165) is 4.68 Å². The normalized spacial score (nSPS) is 11.2. The maximum atomic E-state index is 13.3. The van der Waals surface area contributed by atoms with Gasteiger partial charge in [0.2, 0.25) is 5.75 Å². The zero-order chi connectivity index (χ0) is 26.5. The monoisotopic (exact) mass is 520 g/mol. The van der Waals surface area contributed by atoms with Crippen molar-refractivity contribution in [1.82, 2.24) is 9.66 Å². The average Bonchev–Trinajstić information content (AvgIpc) is 2.87. The number of carbonyl (C=O) groups is 1. The number of rotatable bonds is 8. The highest BCUT2D eigenvalue weighted by atomic mass is 35.5. The first-order valence-corrected chi connectivity index (χ1v) is 11.5. The van der Waals surface area contributed by atoms with Gasteiger partial charge in [0, 0.05) is 17.2 Å². The van der Waals surface area contributed by atoms with E-state index in [0.29, 0.717) is 22.3 Å². The Morgan fingerprint density at radius 1 is 1.16 bits per heavy atom. The van der Waals surface area contributed by atoms with Crippen LogP contribution in [0.5, 0.6) is 5.75 Å². The lowest BCUT2D eigenvalue weighted by Crippen LogP contribution is -2.20. The zero-order valence-corrected chi connectivity index (χ0v) is 20.6. The molecule has 11 heteroatoms. The van der Waals surface area contributed by atoms with Gasteiger partial charge < -0.3 is 9.47 Å². The van der Waals surface area contributed by atoms with Crippen LogP contribution in [0.2, 0.25) is 5.02 Å². The predicted molar refractivity (Wildman–Crippen MR) is 139 cm³/mol. The van der Waals surface area contributed by atoms with Crippen molar-refractivity contribution in [2.24, 2.45) is 5.10 Å². The van der Waals surface area contributed by atoms with Gasteiger partial charge >= 0.3 is 11.7 Å². The zero-order valence-electron chi connectivity index (χ0n) is 19.8. The van der Waals surface area contributed by atoms with Gasteiger partial charge in [-0.15, -0.1) is 0 Å². The number of esters is 1. The maximum absolute atomic E-state index is 13.3. The minimum Gasteiger partial charge on any atom is -0.474 e. The molecule has 10 nitrogen and oxygen atoms in total. The number of halogens is 1. The first-order valence-electron chi connectivity index (χ1n) is 11.2. The minimum atomic E-state index is -0.692. The Hall–Kier alpha value is -4.57. The van der Waals surface area contributed by atoms with Crippen LogP contribution < -0.4 is 10.3 Å². The van der Waals surface area contributed by atoms with Crippen molar-refractivity contribution >= 4 is 40.4 Å². The summed E-state index contributed by atoms with van der Waals surface area (Å²) in [5, 5.41) is 16.3. The molecule has 0 saturated heterocycles. The highest BCUT2D eigenvalue weighted by Gasteiger charge is 2.22. The standard InChI is InChI=1S/C26H21ClN4O6/c1-16(2)37-23(32)15-36-24-20(27)12-17(13-22(24)31(34)35)14-28-30-25(18-8-4-3-5-9-18)29-21-11-7-6-10-19(21)26(30)33/h3-14,16H,15H2,1-2H3. The summed E-state index contributed by atoms with van der Waals surface area (Å²) in [5.41, 5.74) is 0.508. The lowest BCUT2D eigenvalue weighted by Gasteiger charge is -2.11. The smallest absolute Gasteiger partial charge is 0.344 e. The first-order chi connectivity index (χ1) is 17.7. The fourth-order valence-corrected chi connectivity index (χ4v) is 3.79. The van der Waals surface area contributed by atoms with Crippen LogP contribution in [0, 0.1) is 10.1 Å². The van der Waals surface area contributed by atoms with Gasteiger partial charge in [-0.05, 0) is 32.0 Å². The molecule has 0 N–H and O–H groups in total. The molecule has 0 unspecified atom stereocenters. The average molecular weight is 521 g/mol. The maximum Gasteiger partial charge on any atom is 0.344 e. The number of hydrogen-bond donors (Lipinski definition) is 0. The fraction of sp³-hybridized carbons (Fsp3) is 0.154. The number of carbonyl (C=O) groups excluding carboxylic acids is 1. The number of nitro benzene ring substituents is 1. The van der Waals surface area contributed by atoms with Crippen molar-refractivity contribution in [3.8, 4) is 17.1 Å². The van der Waals surface area contributed by atoms with Crippen LogP contribution in [-0.2, 0) is 9.53 Å². The van der Waals surface area contributed by atoms with Crippen LogP contribution in [0.25, 0.3) is 22.3 Å².